The monoisotopic (exact) mass is 255 g/mol. The molecule has 0 aliphatic heterocycles. The molecule has 19 heavy (non-hydrogen) atoms. The highest BCUT2D eigenvalue weighted by Gasteiger charge is 2.26. The molecule has 2 N–H and O–H groups in total. The van der Waals surface area contributed by atoms with Crippen LogP contribution in [0, 0.1) is 0 Å². The first-order valence-electron chi connectivity index (χ1n) is 6.70. The van der Waals surface area contributed by atoms with Gasteiger partial charge < -0.3 is 5.32 Å². The highest BCUT2D eigenvalue weighted by atomic mass is 16.1. The van der Waals surface area contributed by atoms with Gasteiger partial charge in [0.2, 0.25) is 0 Å². The molecule has 2 aromatic rings. The summed E-state index contributed by atoms with van der Waals surface area (Å²) in [6, 6.07) is 12.0. The SMILES string of the molecule is O=C(NCCc1ccccc1)c1cc(C2CC2)[nH]n1. The second kappa shape index (κ2) is 5.26. The number of carbonyl (C=O) groups excluding carboxylic acids is 1. The highest BCUT2D eigenvalue weighted by molar-refractivity contribution is 5.92. The molecule has 1 aromatic heterocycles. The van der Waals surface area contributed by atoms with E-state index in [1.807, 2.05) is 24.3 Å². The number of nitrogens with zero attached hydrogens (tertiary/aromatic N) is 1. The van der Waals surface area contributed by atoms with Crippen LogP contribution < -0.4 is 5.32 Å². The lowest BCUT2D eigenvalue weighted by Gasteiger charge is -2.03. The van der Waals surface area contributed by atoms with Gasteiger partial charge in [0.15, 0.2) is 0 Å². The number of nitrogens with one attached hydrogen (secondary N) is 2. The zero-order valence-corrected chi connectivity index (χ0v) is 10.7. The summed E-state index contributed by atoms with van der Waals surface area (Å²) in [6.45, 7) is 0.633. The molecular weight excluding hydrogens is 238 g/mol. The Kier molecular flexibility index (Phi) is 3.31. The molecule has 1 fully saturated rings. The maximum Gasteiger partial charge on any atom is 0.271 e. The van der Waals surface area contributed by atoms with E-state index in [4.69, 9.17) is 0 Å². The van der Waals surface area contributed by atoms with Crippen molar-refractivity contribution in [2.75, 3.05) is 6.54 Å². The number of rotatable bonds is 5. The molecular formula is C15H17N3O. The Balaban J connectivity index is 1.50. The van der Waals surface area contributed by atoms with E-state index in [1.165, 1.54) is 18.4 Å². The summed E-state index contributed by atoms with van der Waals surface area (Å²) >= 11 is 0. The van der Waals surface area contributed by atoms with E-state index in [0.717, 1.165) is 12.1 Å². The zero-order chi connectivity index (χ0) is 13.1. The average Bonchev–Trinajstić information content (AvgIpc) is 3.17. The molecule has 3 rings (SSSR count). The summed E-state index contributed by atoms with van der Waals surface area (Å²) < 4.78 is 0. The van der Waals surface area contributed by atoms with E-state index in [1.54, 1.807) is 0 Å². The van der Waals surface area contributed by atoms with Gasteiger partial charge in [-0.3, -0.25) is 9.89 Å². The molecule has 4 heteroatoms. The maximum absolute atomic E-state index is 11.9. The number of aromatic amines is 1. The number of hydrogen-bond donors (Lipinski definition) is 2. The third-order valence-electron chi connectivity index (χ3n) is 3.39. The van der Waals surface area contributed by atoms with E-state index in [-0.39, 0.29) is 5.91 Å². The van der Waals surface area contributed by atoms with Gasteiger partial charge in [-0.1, -0.05) is 30.3 Å². The van der Waals surface area contributed by atoms with Crippen molar-refractivity contribution in [1.82, 2.24) is 15.5 Å². The molecule has 1 aliphatic carbocycles. The fourth-order valence-electron chi connectivity index (χ4n) is 2.11. The average molecular weight is 255 g/mol. The summed E-state index contributed by atoms with van der Waals surface area (Å²) in [5, 5.41) is 9.91. The Hall–Kier alpha value is -2.10. The Labute approximate surface area is 112 Å². The van der Waals surface area contributed by atoms with Crippen LogP contribution in [0.25, 0.3) is 0 Å². The first-order valence-corrected chi connectivity index (χ1v) is 6.70. The number of H-pyrrole nitrogens is 1. The van der Waals surface area contributed by atoms with E-state index in [0.29, 0.717) is 18.2 Å². The lowest BCUT2D eigenvalue weighted by molar-refractivity contribution is 0.0949. The second-order valence-electron chi connectivity index (χ2n) is 4.97. The molecule has 0 spiro atoms. The van der Waals surface area contributed by atoms with Gasteiger partial charge in [-0.15, -0.1) is 0 Å². The minimum atomic E-state index is -0.0981. The van der Waals surface area contributed by atoms with Gasteiger partial charge in [0, 0.05) is 18.2 Å². The van der Waals surface area contributed by atoms with Gasteiger partial charge in [0.05, 0.1) is 0 Å². The van der Waals surface area contributed by atoms with Crippen molar-refractivity contribution in [3.05, 3.63) is 53.3 Å². The van der Waals surface area contributed by atoms with Crippen molar-refractivity contribution >= 4 is 5.91 Å². The molecule has 1 aliphatic rings. The van der Waals surface area contributed by atoms with E-state index in [2.05, 4.69) is 27.6 Å². The van der Waals surface area contributed by atoms with Gasteiger partial charge in [0.1, 0.15) is 5.69 Å². The number of hydrogen-bond acceptors (Lipinski definition) is 2. The van der Waals surface area contributed by atoms with Crippen molar-refractivity contribution in [2.24, 2.45) is 0 Å². The third-order valence-corrected chi connectivity index (χ3v) is 3.39. The maximum atomic E-state index is 11.9. The van der Waals surface area contributed by atoms with Crippen LogP contribution in [-0.2, 0) is 6.42 Å². The summed E-state index contributed by atoms with van der Waals surface area (Å²) in [7, 11) is 0. The van der Waals surface area contributed by atoms with Crippen LogP contribution in [0.4, 0.5) is 0 Å². The lowest BCUT2D eigenvalue weighted by atomic mass is 10.1. The smallest absolute Gasteiger partial charge is 0.271 e. The molecule has 1 heterocycles. The number of benzene rings is 1. The Morgan fingerprint density at radius 1 is 1.32 bits per heavy atom. The van der Waals surface area contributed by atoms with Gasteiger partial charge in [-0.2, -0.15) is 5.10 Å². The van der Waals surface area contributed by atoms with Crippen LogP contribution in [-0.4, -0.2) is 22.6 Å². The quantitative estimate of drug-likeness (QED) is 0.861. The Morgan fingerprint density at radius 2 is 2.11 bits per heavy atom. The van der Waals surface area contributed by atoms with Crippen molar-refractivity contribution in [3.63, 3.8) is 0 Å². The summed E-state index contributed by atoms with van der Waals surface area (Å²) in [4.78, 5) is 11.9. The fourth-order valence-corrected chi connectivity index (χ4v) is 2.11. The minimum Gasteiger partial charge on any atom is -0.350 e. The minimum absolute atomic E-state index is 0.0981. The van der Waals surface area contributed by atoms with Crippen LogP contribution in [0.2, 0.25) is 0 Å². The summed E-state index contributed by atoms with van der Waals surface area (Å²) in [5.74, 6) is 0.498. The summed E-state index contributed by atoms with van der Waals surface area (Å²) in [6.07, 6.45) is 3.25. The van der Waals surface area contributed by atoms with E-state index in [9.17, 15) is 4.79 Å². The molecule has 1 aromatic carbocycles. The highest BCUT2D eigenvalue weighted by Crippen LogP contribution is 2.38. The molecule has 0 unspecified atom stereocenters. The van der Waals surface area contributed by atoms with Crippen LogP contribution >= 0.6 is 0 Å². The Morgan fingerprint density at radius 3 is 2.84 bits per heavy atom. The van der Waals surface area contributed by atoms with Gasteiger partial charge in [-0.25, -0.2) is 0 Å². The number of carbonyl (C=O) groups is 1. The normalized spacial score (nSPS) is 14.3. The van der Waals surface area contributed by atoms with Crippen molar-refractivity contribution in [1.29, 1.82) is 0 Å². The van der Waals surface area contributed by atoms with Gasteiger partial charge in [-0.05, 0) is 30.9 Å². The van der Waals surface area contributed by atoms with Crippen LogP contribution in [0.3, 0.4) is 0 Å². The van der Waals surface area contributed by atoms with Gasteiger partial charge in [0.25, 0.3) is 5.91 Å². The van der Waals surface area contributed by atoms with Crippen LogP contribution in [0.5, 0.6) is 0 Å². The molecule has 0 atom stereocenters. The molecule has 1 amide bonds. The molecule has 4 nitrogen and oxygen atoms in total. The molecule has 0 radical (unpaired) electrons. The second-order valence-corrected chi connectivity index (χ2v) is 4.97. The first kappa shape index (κ1) is 12.0. The van der Waals surface area contributed by atoms with E-state index >= 15 is 0 Å². The largest absolute Gasteiger partial charge is 0.350 e. The molecule has 98 valence electrons. The van der Waals surface area contributed by atoms with E-state index < -0.39 is 0 Å². The van der Waals surface area contributed by atoms with Crippen LogP contribution in [0.15, 0.2) is 36.4 Å². The van der Waals surface area contributed by atoms with Crippen LogP contribution in [0.1, 0.15) is 40.5 Å². The Bertz CT molecular complexity index is 558. The molecule has 1 saturated carbocycles. The predicted octanol–water partition coefficient (Wildman–Crippen LogP) is 2.26. The predicted molar refractivity (Wildman–Crippen MR) is 73.0 cm³/mol. The molecule has 0 saturated heterocycles. The molecule has 0 bridgehead atoms. The standard InChI is InChI=1S/C15H17N3O/c19-15(14-10-13(17-18-14)12-6-7-12)16-9-8-11-4-2-1-3-5-11/h1-5,10,12H,6-9H2,(H,16,19)(H,17,18). The first-order chi connectivity index (χ1) is 9.33. The number of amides is 1. The zero-order valence-electron chi connectivity index (χ0n) is 10.7. The number of aromatic nitrogens is 2. The lowest BCUT2D eigenvalue weighted by Crippen LogP contribution is -2.26. The van der Waals surface area contributed by atoms with Gasteiger partial charge >= 0.3 is 0 Å². The van der Waals surface area contributed by atoms with Crippen molar-refractivity contribution in [3.8, 4) is 0 Å². The third kappa shape index (κ3) is 3.02. The van der Waals surface area contributed by atoms with Crippen molar-refractivity contribution in [2.45, 2.75) is 25.2 Å². The summed E-state index contributed by atoms with van der Waals surface area (Å²) in [5.41, 5.74) is 2.81. The topological polar surface area (TPSA) is 57.8 Å². The fraction of sp³-hybridized carbons (Fsp3) is 0.333. The van der Waals surface area contributed by atoms with Crippen molar-refractivity contribution < 1.29 is 4.79 Å².